The molecule has 4 rings (SSSR count). The molecule has 0 saturated heterocycles. The normalized spacial score (nSPS) is 14.2. The van der Waals surface area contributed by atoms with Gasteiger partial charge in [-0.3, -0.25) is 10.1 Å². The van der Waals surface area contributed by atoms with E-state index >= 15 is 0 Å². The van der Waals surface area contributed by atoms with Crippen LogP contribution in [-0.2, 0) is 16.0 Å². The number of benzene rings is 1. The zero-order valence-electron chi connectivity index (χ0n) is 18.7. The molecular formula is C25H25N3O5. The number of aromatic nitrogens is 1. The highest BCUT2D eigenvalue weighted by Gasteiger charge is 2.28. The van der Waals surface area contributed by atoms with Crippen molar-refractivity contribution in [1.29, 1.82) is 0 Å². The van der Waals surface area contributed by atoms with Crippen LogP contribution < -0.4 is 10.6 Å². The Morgan fingerprint density at radius 3 is 2.64 bits per heavy atom. The number of hydrogen-bond acceptors (Lipinski definition) is 6. The number of para-hydroxylation sites is 1. The van der Waals surface area contributed by atoms with E-state index in [0.29, 0.717) is 35.1 Å². The van der Waals surface area contributed by atoms with E-state index in [4.69, 9.17) is 14.1 Å². The number of rotatable bonds is 4. The van der Waals surface area contributed by atoms with Crippen LogP contribution in [-0.4, -0.2) is 35.0 Å². The summed E-state index contributed by atoms with van der Waals surface area (Å²) in [6, 6.07) is 10.3. The maximum absolute atomic E-state index is 13.1. The molecule has 170 valence electrons. The molecule has 0 unspecified atom stereocenters. The van der Waals surface area contributed by atoms with E-state index in [1.807, 2.05) is 42.5 Å². The van der Waals surface area contributed by atoms with Crippen LogP contribution in [0.25, 0.3) is 22.6 Å². The summed E-state index contributed by atoms with van der Waals surface area (Å²) in [5.41, 5.74) is 3.03. The molecule has 8 nitrogen and oxygen atoms in total. The van der Waals surface area contributed by atoms with Crippen molar-refractivity contribution < 1.29 is 23.5 Å². The molecule has 0 bridgehead atoms. The molecule has 33 heavy (non-hydrogen) atoms. The van der Waals surface area contributed by atoms with Crippen LogP contribution in [0, 0.1) is 0 Å². The lowest BCUT2D eigenvalue weighted by atomic mass is 10.0. The number of hydrogen-bond donors (Lipinski definition) is 2. The number of esters is 1. The second-order valence-electron chi connectivity index (χ2n) is 8.84. The molecule has 0 fully saturated rings. The van der Waals surface area contributed by atoms with Crippen molar-refractivity contribution in [3.05, 3.63) is 65.2 Å². The lowest BCUT2D eigenvalue weighted by molar-refractivity contribution is -0.123. The maximum atomic E-state index is 13.1. The van der Waals surface area contributed by atoms with Gasteiger partial charge in [0.05, 0.1) is 23.0 Å². The summed E-state index contributed by atoms with van der Waals surface area (Å²) in [7, 11) is 0. The number of pyridine rings is 1. The predicted molar refractivity (Wildman–Crippen MR) is 123 cm³/mol. The minimum Gasteiger partial charge on any atom is -0.465 e. The van der Waals surface area contributed by atoms with E-state index in [-0.39, 0.29) is 0 Å². The number of fused-ring (bicyclic) bond motifs is 2. The molecule has 0 aliphatic heterocycles. The smallest absolute Gasteiger partial charge is 0.339 e. The molecule has 8 heteroatoms. The molecule has 1 aromatic carbocycles. The summed E-state index contributed by atoms with van der Waals surface area (Å²) >= 11 is 0. The first-order valence-corrected chi connectivity index (χ1v) is 10.7. The van der Waals surface area contributed by atoms with Gasteiger partial charge < -0.3 is 14.5 Å². The number of furan rings is 1. The maximum Gasteiger partial charge on any atom is 0.339 e. The number of amides is 3. The van der Waals surface area contributed by atoms with Gasteiger partial charge in [0.1, 0.15) is 5.76 Å². The van der Waals surface area contributed by atoms with Gasteiger partial charge in [-0.2, -0.15) is 0 Å². The van der Waals surface area contributed by atoms with Crippen molar-refractivity contribution in [2.24, 2.45) is 0 Å². The molecule has 0 radical (unpaired) electrons. The Morgan fingerprint density at radius 2 is 1.91 bits per heavy atom. The Morgan fingerprint density at radius 1 is 1.12 bits per heavy atom. The zero-order chi connectivity index (χ0) is 23.6. The zero-order valence-corrected chi connectivity index (χ0v) is 18.7. The average Bonchev–Trinajstić information content (AvgIpc) is 3.39. The van der Waals surface area contributed by atoms with E-state index in [2.05, 4.69) is 10.6 Å². The molecule has 3 amide bonds. The fourth-order valence-electron chi connectivity index (χ4n) is 3.80. The predicted octanol–water partition coefficient (Wildman–Crippen LogP) is 4.10. The van der Waals surface area contributed by atoms with Gasteiger partial charge in [0.2, 0.25) is 0 Å². The highest BCUT2D eigenvalue weighted by molar-refractivity contribution is 6.08. The summed E-state index contributed by atoms with van der Waals surface area (Å²) < 4.78 is 10.7. The van der Waals surface area contributed by atoms with Gasteiger partial charge in [-0.1, -0.05) is 18.2 Å². The molecule has 1 aliphatic carbocycles. The summed E-state index contributed by atoms with van der Waals surface area (Å²) in [4.78, 5) is 41.9. The summed E-state index contributed by atoms with van der Waals surface area (Å²) in [6.07, 6.45) is 4.84. The highest BCUT2D eigenvalue weighted by atomic mass is 16.5. The second kappa shape index (κ2) is 8.90. The third-order valence-corrected chi connectivity index (χ3v) is 5.08. The Hall–Kier alpha value is -3.94. The summed E-state index contributed by atoms with van der Waals surface area (Å²) in [6.45, 7) is 4.80. The number of nitrogens with zero attached hydrogens (tertiary/aromatic N) is 1. The quantitative estimate of drug-likeness (QED) is 0.583. The van der Waals surface area contributed by atoms with Crippen LogP contribution in [0.15, 0.2) is 47.1 Å². The fraction of sp³-hybridized carbons (Fsp3) is 0.280. The molecule has 2 aromatic heterocycles. The fourth-order valence-corrected chi connectivity index (χ4v) is 3.80. The highest BCUT2D eigenvalue weighted by Crippen LogP contribution is 2.37. The second-order valence-corrected chi connectivity index (χ2v) is 8.84. The lowest BCUT2D eigenvalue weighted by Crippen LogP contribution is -2.49. The van der Waals surface area contributed by atoms with Crippen molar-refractivity contribution in [1.82, 2.24) is 15.6 Å². The van der Waals surface area contributed by atoms with Crippen LogP contribution in [0.2, 0.25) is 0 Å². The molecular weight excluding hydrogens is 422 g/mol. The SMILES string of the molecule is CC(C)(C)NC(=O)NC(=O)COC(=O)c1c2c(nc3ccccc13)/C(=C/c1ccco1)CC2. The Bertz CT molecular complexity index is 1250. The Labute approximate surface area is 191 Å². The summed E-state index contributed by atoms with van der Waals surface area (Å²) in [5.74, 6) is -0.629. The van der Waals surface area contributed by atoms with E-state index in [1.54, 1.807) is 27.0 Å². The number of allylic oxidation sites excluding steroid dienone is 1. The van der Waals surface area contributed by atoms with Gasteiger partial charge in [0.15, 0.2) is 6.61 Å². The minimum absolute atomic E-state index is 0.394. The molecule has 3 aromatic rings. The third-order valence-electron chi connectivity index (χ3n) is 5.08. The van der Waals surface area contributed by atoms with Crippen LogP contribution in [0.1, 0.15) is 54.6 Å². The number of urea groups is 1. The third kappa shape index (κ3) is 5.11. The van der Waals surface area contributed by atoms with Gasteiger partial charge in [0.25, 0.3) is 5.91 Å². The van der Waals surface area contributed by atoms with Crippen LogP contribution >= 0.6 is 0 Å². The van der Waals surface area contributed by atoms with Crippen molar-refractivity contribution in [2.45, 2.75) is 39.2 Å². The summed E-state index contributed by atoms with van der Waals surface area (Å²) in [5, 5.41) is 5.44. The number of ether oxygens (including phenoxy) is 1. The first-order valence-electron chi connectivity index (χ1n) is 10.7. The van der Waals surface area contributed by atoms with Crippen molar-refractivity contribution in [3.8, 4) is 0 Å². The lowest BCUT2D eigenvalue weighted by Gasteiger charge is -2.20. The van der Waals surface area contributed by atoms with Gasteiger partial charge >= 0.3 is 12.0 Å². The molecule has 0 atom stereocenters. The van der Waals surface area contributed by atoms with E-state index in [0.717, 1.165) is 16.8 Å². The van der Waals surface area contributed by atoms with Crippen molar-refractivity contribution in [2.75, 3.05) is 6.61 Å². The van der Waals surface area contributed by atoms with Gasteiger partial charge in [-0.25, -0.2) is 14.6 Å². The Balaban J connectivity index is 1.58. The first-order chi connectivity index (χ1) is 15.7. The number of carbonyl (C=O) groups is 3. The van der Waals surface area contributed by atoms with Gasteiger partial charge in [-0.05, 0) is 69.0 Å². The topological polar surface area (TPSA) is 111 Å². The van der Waals surface area contributed by atoms with E-state index in [9.17, 15) is 14.4 Å². The largest absolute Gasteiger partial charge is 0.465 e. The van der Waals surface area contributed by atoms with Crippen molar-refractivity contribution in [3.63, 3.8) is 0 Å². The number of imide groups is 1. The molecule has 0 saturated carbocycles. The molecule has 2 heterocycles. The van der Waals surface area contributed by atoms with Crippen molar-refractivity contribution >= 4 is 40.5 Å². The molecule has 1 aliphatic rings. The monoisotopic (exact) mass is 447 g/mol. The number of nitrogens with one attached hydrogen (secondary N) is 2. The van der Waals surface area contributed by atoms with Crippen LogP contribution in [0.5, 0.6) is 0 Å². The average molecular weight is 447 g/mol. The van der Waals surface area contributed by atoms with Gasteiger partial charge in [-0.15, -0.1) is 0 Å². The Kier molecular flexibility index (Phi) is 6.00. The van der Waals surface area contributed by atoms with E-state index < -0.39 is 30.1 Å². The molecule has 0 spiro atoms. The van der Waals surface area contributed by atoms with E-state index in [1.165, 1.54) is 0 Å². The van der Waals surface area contributed by atoms with Crippen LogP contribution in [0.4, 0.5) is 4.79 Å². The molecule has 2 N–H and O–H groups in total. The first kappa shape index (κ1) is 22.3. The number of carbonyl (C=O) groups excluding carboxylic acids is 3. The van der Waals surface area contributed by atoms with Crippen LogP contribution in [0.3, 0.4) is 0 Å². The minimum atomic E-state index is -0.710. The standard InChI is InChI=1S/C25H25N3O5/c1-25(2,3)28-24(31)27-20(29)14-33-23(30)21-17-8-4-5-9-19(17)26-22-15(10-11-18(21)22)13-16-7-6-12-32-16/h4-9,12-13H,10-11,14H2,1-3H3,(H2,27,28,29,31)/b15-13+. The van der Waals surface area contributed by atoms with Gasteiger partial charge in [0, 0.05) is 10.9 Å².